The number of hydrogen-bond donors (Lipinski definition) is 0. The average Bonchev–Trinajstić information content (AvgIpc) is 3.31. The van der Waals surface area contributed by atoms with Gasteiger partial charge in [0, 0.05) is 31.9 Å². The molecule has 0 N–H and O–H groups in total. The molecule has 4 aromatic heterocycles. The first kappa shape index (κ1) is 23.5. The topological polar surface area (TPSA) is 97.0 Å². The monoisotopic (exact) mass is 476 g/mol. The molecular formula is C21H22Cl2N6O3. The lowest BCUT2D eigenvalue weighted by molar-refractivity contribution is 0.0522. The van der Waals surface area contributed by atoms with Crippen LogP contribution in [0.2, 0.25) is 10.6 Å². The molecule has 11 heteroatoms. The maximum absolute atomic E-state index is 11.6. The minimum Gasteiger partial charge on any atom is -0.492 e. The fraction of sp³-hybridized carbons (Fsp3) is 0.286. The summed E-state index contributed by atoms with van der Waals surface area (Å²) in [5.74, 6) is 0.0333. The standard InChI is InChI=1S/C11H12ClN3O.C10H10ClN3O2/c1-4-16-7(2)9-8-5-6-15(3)10(8)14-11(12)13-9;1-3-16-9(15)7-6-4-5-14(2)8(6)13-10(11)12-7/h5-6H,2,4H2,1,3H3;4-5H,3H2,1-2H3. The molecular weight excluding hydrogens is 455 g/mol. The molecule has 0 spiro atoms. The van der Waals surface area contributed by atoms with Crippen LogP contribution in [0, 0.1) is 0 Å². The van der Waals surface area contributed by atoms with E-state index in [0.717, 1.165) is 11.0 Å². The molecule has 0 atom stereocenters. The number of carbonyl (C=O) groups is 1. The number of aromatic nitrogens is 6. The largest absolute Gasteiger partial charge is 0.492 e. The summed E-state index contributed by atoms with van der Waals surface area (Å²) in [7, 11) is 3.72. The van der Waals surface area contributed by atoms with Crippen molar-refractivity contribution in [2.75, 3.05) is 13.2 Å². The molecule has 0 bridgehead atoms. The molecule has 0 radical (unpaired) electrons. The Morgan fingerprint density at radius 3 is 1.84 bits per heavy atom. The fourth-order valence-electron chi connectivity index (χ4n) is 3.03. The van der Waals surface area contributed by atoms with Crippen molar-refractivity contribution in [3.8, 4) is 0 Å². The van der Waals surface area contributed by atoms with Gasteiger partial charge in [-0.15, -0.1) is 0 Å². The zero-order valence-electron chi connectivity index (χ0n) is 18.1. The predicted octanol–water partition coefficient (Wildman–Crippen LogP) is 4.43. The van der Waals surface area contributed by atoms with Crippen LogP contribution in [-0.2, 0) is 23.6 Å². The van der Waals surface area contributed by atoms with E-state index in [0.29, 0.717) is 35.7 Å². The Morgan fingerprint density at radius 2 is 1.34 bits per heavy atom. The number of hydrogen-bond acceptors (Lipinski definition) is 7. The molecule has 0 saturated heterocycles. The van der Waals surface area contributed by atoms with Gasteiger partial charge in [-0.3, -0.25) is 0 Å². The van der Waals surface area contributed by atoms with E-state index < -0.39 is 5.97 Å². The zero-order chi connectivity index (χ0) is 23.4. The molecule has 0 aliphatic rings. The molecule has 0 aromatic carbocycles. The summed E-state index contributed by atoms with van der Waals surface area (Å²) in [5, 5.41) is 1.78. The van der Waals surface area contributed by atoms with Gasteiger partial charge in [-0.05, 0) is 49.2 Å². The first-order valence-corrected chi connectivity index (χ1v) is 10.5. The Bertz CT molecular complexity index is 1200. The van der Waals surface area contributed by atoms with E-state index in [1.807, 2.05) is 37.8 Å². The summed E-state index contributed by atoms with van der Waals surface area (Å²) in [4.78, 5) is 27.9. The van der Waals surface area contributed by atoms with Crippen molar-refractivity contribution in [1.29, 1.82) is 0 Å². The van der Waals surface area contributed by atoms with Gasteiger partial charge in [-0.2, -0.15) is 9.97 Å². The van der Waals surface area contributed by atoms with Crippen LogP contribution < -0.4 is 0 Å². The molecule has 0 aliphatic heterocycles. The summed E-state index contributed by atoms with van der Waals surface area (Å²) in [6.45, 7) is 8.32. The van der Waals surface area contributed by atoms with Crippen LogP contribution in [0.15, 0.2) is 31.1 Å². The smallest absolute Gasteiger partial charge is 0.357 e. The van der Waals surface area contributed by atoms with Crippen molar-refractivity contribution < 1.29 is 14.3 Å². The van der Waals surface area contributed by atoms with Crippen LogP contribution in [0.5, 0.6) is 0 Å². The Kier molecular flexibility index (Phi) is 7.32. The highest BCUT2D eigenvalue weighted by Crippen LogP contribution is 2.24. The highest BCUT2D eigenvalue weighted by Gasteiger charge is 2.17. The highest BCUT2D eigenvalue weighted by molar-refractivity contribution is 6.29. The minimum absolute atomic E-state index is 0.0392. The lowest BCUT2D eigenvalue weighted by atomic mass is 10.2. The van der Waals surface area contributed by atoms with Crippen LogP contribution in [-0.4, -0.2) is 48.3 Å². The predicted molar refractivity (Wildman–Crippen MR) is 124 cm³/mol. The van der Waals surface area contributed by atoms with Gasteiger partial charge in [-0.25, -0.2) is 14.8 Å². The fourth-order valence-corrected chi connectivity index (χ4v) is 3.36. The molecule has 0 aliphatic carbocycles. The zero-order valence-corrected chi connectivity index (χ0v) is 19.6. The number of ether oxygens (including phenoxy) is 2. The summed E-state index contributed by atoms with van der Waals surface area (Å²) in [5.41, 5.74) is 2.24. The van der Waals surface area contributed by atoms with Crippen LogP contribution in [0.3, 0.4) is 0 Å². The van der Waals surface area contributed by atoms with Gasteiger partial charge in [0.1, 0.15) is 22.7 Å². The normalized spacial score (nSPS) is 10.7. The molecule has 0 amide bonds. The third kappa shape index (κ3) is 4.84. The quantitative estimate of drug-likeness (QED) is 0.238. The van der Waals surface area contributed by atoms with Crippen molar-refractivity contribution in [3.05, 3.63) is 53.1 Å². The van der Waals surface area contributed by atoms with Gasteiger partial charge in [-0.1, -0.05) is 6.58 Å². The van der Waals surface area contributed by atoms with Gasteiger partial charge < -0.3 is 18.6 Å². The van der Waals surface area contributed by atoms with Crippen molar-refractivity contribution in [3.63, 3.8) is 0 Å². The lowest BCUT2D eigenvalue weighted by Gasteiger charge is -2.07. The van der Waals surface area contributed by atoms with Crippen LogP contribution in [0.4, 0.5) is 0 Å². The number of nitrogens with zero attached hydrogens (tertiary/aromatic N) is 6. The third-order valence-corrected chi connectivity index (χ3v) is 4.78. The Morgan fingerprint density at radius 1 is 0.875 bits per heavy atom. The number of fused-ring (bicyclic) bond motifs is 2. The minimum atomic E-state index is -0.483. The summed E-state index contributed by atoms with van der Waals surface area (Å²) >= 11 is 11.6. The molecule has 4 heterocycles. The summed E-state index contributed by atoms with van der Waals surface area (Å²) in [6, 6.07) is 3.68. The Balaban J connectivity index is 0.000000181. The average molecular weight is 477 g/mol. The maximum atomic E-state index is 11.6. The Labute approximate surface area is 194 Å². The number of carbonyl (C=O) groups excluding carboxylic acids is 1. The van der Waals surface area contributed by atoms with Crippen LogP contribution >= 0.6 is 23.2 Å². The first-order valence-electron chi connectivity index (χ1n) is 9.73. The van der Waals surface area contributed by atoms with Crippen molar-refractivity contribution in [2.24, 2.45) is 14.1 Å². The molecule has 4 aromatic rings. The van der Waals surface area contributed by atoms with Crippen molar-refractivity contribution in [2.45, 2.75) is 13.8 Å². The van der Waals surface area contributed by atoms with E-state index in [4.69, 9.17) is 32.7 Å². The van der Waals surface area contributed by atoms with Crippen LogP contribution in [0.25, 0.3) is 27.8 Å². The van der Waals surface area contributed by atoms with Crippen molar-refractivity contribution in [1.82, 2.24) is 29.1 Å². The van der Waals surface area contributed by atoms with E-state index in [1.165, 1.54) is 0 Å². The summed E-state index contributed by atoms with van der Waals surface area (Å²) in [6.07, 6.45) is 3.69. The second-order valence-electron chi connectivity index (χ2n) is 6.59. The molecule has 168 valence electrons. The SMILES string of the molecule is C=C(OCC)c1nc(Cl)nc2c1ccn2C.CCOC(=O)c1nc(Cl)nc2c1ccn2C. The maximum Gasteiger partial charge on any atom is 0.357 e. The van der Waals surface area contributed by atoms with Crippen molar-refractivity contribution >= 4 is 57.0 Å². The third-order valence-electron chi connectivity index (χ3n) is 4.45. The number of rotatable bonds is 5. The number of esters is 1. The van der Waals surface area contributed by atoms with E-state index in [1.54, 1.807) is 23.8 Å². The second kappa shape index (κ2) is 9.97. The van der Waals surface area contributed by atoms with Gasteiger partial charge >= 0.3 is 5.97 Å². The van der Waals surface area contributed by atoms with E-state index in [-0.39, 0.29) is 16.3 Å². The molecule has 32 heavy (non-hydrogen) atoms. The van der Waals surface area contributed by atoms with Gasteiger partial charge in [0.15, 0.2) is 5.69 Å². The molecule has 0 unspecified atom stereocenters. The second-order valence-corrected chi connectivity index (χ2v) is 7.26. The van der Waals surface area contributed by atoms with E-state index >= 15 is 0 Å². The highest BCUT2D eigenvalue weighted by atomic mass is 35.5. The van der Waals surface area contributed by atoms with Crippen LogP contribution in [0.1, 0.15) is 30.0 Å². The molecule has 0 fully saturated rings. The van der Waals surface area contributed by atoms with Gasteiger partial charge in [0.25, 0.3) is 0 Å². The Hall–Kier alpha value is -3.17. The number of halogens is 2. The molecule has 4 rings (SSSR count). The molecule has 0 saturated carbocycles. The lowest BCUT2D eigenvalue weighted by Crippen LogP contribution is -2.08. The van der Waals surface area contributed by atoms with Gasteiger partial charge in [0.05, 0.1) is 18.6 Å². The molecule has 9 nitrogen and oxygen atoms in total. The number of aryl methyl sites for hydroxylation is 2. The first-order chi connectivity index (χ1) is 15.3. The van der Waals surface area contributed by atoms with Gasteiger partial charge in [0.2, 0.25) is 10.6 Å². The summed E-state index contributed by atoms with van der Waals surface area (Å²) < 4.78 is 13.9. The van der Waals surface area contributed by atoms with E-state index in [9.17, 15) is 4.79 Å². The van der Waals surface area contributed by atoms with E-state index in [2.05, 4.69) is 26.5 Å².